The Morgan fingerprint density at radius 1 is 1.69 bits per heavy atom. The average molecular weight is 184 g/mol. The number of aromatic nitrogens is 2. The number of aliphatic hydroxyl groups is 1. The highest BCUT2D eigenvalue weighted by Gasteiger charge is 2.13. The van der Waals surface area contributed by atoms with Crippen LogP contribution in [0.2, 0.25) is 0 Å². The first-order valence-corrected chi connectivity index (χ1v) is 3.98. The average Bonchev–Trinajstić information content (AvgIpc) is 2.47. The van der Waals surface area contributed by atoms with E-state index in [4.69, 9.17) is 10.2 Å². The van der Waals surface area contributed by atoms with Crippen LogP contribution in [0, 0.1) is 0 Å². The van der Waals surface area contributed by atoms with E-state index in [1.54, 1.807) is 4.57 Å². The molecule has 1 rings (SSSR count). The number of nitrogens with zero attached hydrogens (tertiary/aromatic N) is 2. The van der Waals surface area contributed by atoms with Gasteiger partial charge in [0, 0.05) is 12.2 Å². The summed E-state index contributed by atoms with van der Waals surface area (Å²) in [5.74, 6) is -0.693. The van der Waals surface area contributed by atoms with E-state index in [0.717, 1.165) is 0 Å². The van der Waals surface area contributed by atoms with Gasteiger partial charge in [-0.3, -0.25) is 0 Å². The van der Waals surface area contributed by atoms with E-state index < -0.39 is 5.97 Å². The molecular weight excluding hydrogens is 172 g/mol. The van der Waals surface area contributed by atoms with E-state index in [9.17, 15) is 4.79 Å². The van der Waals surface area contributed by atoms with Crippen LogP contribution in [0.5, 0.6) is 0 Å². The number of carbonyl (C=O) groups is 1. The van der Waals surface area contributed by atoms with Crippen molar-refractivity contribution in [2.75, 3.05) is 0 Å². The normalized spacial score (nSPS) is 10.8. The van der Waals surface area contributed by atoms with E-state index >= 15 is 0 Å². The second-order valence-electron chi connectivity index (χ2n) is 3.01. The predicted octanol–water partition coefficient (Wildman–Crippen LogP) is 0.655. The first kappa shape index (κ1) is 9.73. The first-order valence-electron chi connectivity index (χ1n) is 3.98. The van der Waals surface area contributed by atoms with Crippen molar-refractivity contribution in [3.05, 3.63) is 17.7 Å². The molecule has 0 saturated carbocycles. The summed E-state index contributed by atoms with van der Waals surface area (Å²) >= 11 is 0. The largest absolute Gasteiger partial charge is 0.476 e. The quantitative estimate of drug-likeness (QED) is 0.723. The molecule has 72 valence electrons. The zero-order valence-corrected chi connectivity index (χ0v) is 7.56. The Morgan fingerprint density at radius 3 is 2.62 bits per heavy atom. The van der Waals surface area contributed by atoms with Gasteiger partial charge in [-0.2, -0.15) is 0 Å². The molecule has 0 bridgehead atoms. The summed E-state index contributed by atoms with van der Waals surface area (Å²) in [7, 11) is 0. The lowest BCUT2D eigenvalue weighted by Gasteiger charge is -2.08. The monoisotopic (exact) mass is 184 g/mol. The Kier molecular flexibility index (Phi) is 2.67. The van der Waals surface area contributed by atoms with E-state index in [1.807, 2.05) is 13.8 Å². The van der Waals surface area contributed by atoms with Crippen LogP contribution in [0.25, 0.3) is 0 Å². The van der Waals surface area contributed by atoms with Gasteiger partial charge in [0.15, 0.2) is 5.69 Å². The fourth-order valence-electron chi connectivity index (χ4n) is 1.10. The molecule has 2 N–H and O–H groups in total. The molecule has 5 heteroatoms. The first-order chi connectivity index (χ1) is 6.06. The van der Waals surface area contributed by atoms with Crippen LogP contribution >= 0.6 is 0 Å². The number of rotatable bonds is 3. The maximum atomic E-state index is 10.5. The summed E-state index contributed by atoms with van der Waals surface area (Å²) in [6.45, 7) is 3.55. The van der Waals surface area contributed by atoms with E-state index in [0.29, 0.717) is 5.82 Å². The Hall–Kier alpha value is -1.36. The molecule has 0 aromatic carbocycles. The molecule has 5 nitrogen and oxygen atoms in total. The highest BCUT2D eigenvalue weighted by molar-refractivity contribution is 5.85. The number of carboxylic acid groups (broad SMARTS) is 1. The summed E-state index contributed by atoms with van der Waals surface area (Å²) in [5.41, 5.74) is -0.0299. The van der Waals surface area contributed by atoms with Gasteiger partial charge in [-0.1, -0.05) is 0 Å². The summed E-state index contributed by atoms with van der Waals surface area (Å²) in [4.78, 5) is 14.3. The van der Waals surface area contributed by atoms with Crippen LogP contribution in [0.4, 0.5) is 0 Å². The van der Waals surface area contributed by atoms with Gasteiger partial charge in [-0.15, -0.1) is 0 Å². The van der Waals surface area contributed by atoms with E-state index in [-0.39, 0.29) is 18.3 Å². The zero-order valence-electron chi connectivity index (χ0n) is 7.56. The van der Waals surface area contributed by atoms with Crippen molar-refractivity contribution in [3.8, 4) is 0 Å². The molecule has 0 atom stereocenters. The highest BCUT2D eigenvalue weighted by atomic mass is 16.4. The molecule has 0 aliphatic rings. The fourth-order valence-corrected chi connectivity index (χ4v) is 1.10. The molecule has 0 saturated heterocycles. The van der Waals surface area contributed by atoms with Crippen molar-refractivity contribution in [3.63, 3.8) is 0 Å². The summed E-state index contributed by atoms with van der Waals surface area (Å²) in [5, 5.41) is 17.5. The predicted molar refractivity (Wildman–Crippen MR) is 45.5 cm³/mol. The van der Waals surface area contributed by atoms with Crippen LogP contribution in [-0.2, 0) is 6.61 Å². The van der Waals surface area contributed by atoms with Crippen molar-refractivity contribution in [1.82, 2.24) is 9.55 Å². The lowest BCUT2D eigenvalue weighted by atomic mass is 10.4. The van der Waals surface area contributed by atoms with Gasteiger partial charge in [0.2, 0.25) is 0 Å². The minimum absolute atomic E-state index is 0.0299. The lowest BCUT2D eigenvalue weighted by Crippen LogP contribution is -2.04. The van der Waals surface area contributed by atoms with Gasteiger partial charge in [0.1, 0.15) is 12.4 Å². The van der Waals surface area contributed by atoms with Gasteiger partial charge < -0.3 is 14.8 Å². The molecule has 0 fully saturated rings. The second-order valence-corrected chi connectivity index (χ2v) is 3.01. The zero-order chi connectivity index (χ0) is 10.0. The third-order valence-electron chi connectivity index (χ3n) is 1.73. The summed E-state index contributed by atoms with van der Waals surface area (Å²) in [6.07, 6.45) is 1.43. The van der Waals surface area contributed by atoms with E-state index in [1.165, 1.54) is 6.20 Å². The molecule has 0 radical (unpaired) electrons. The molecule has 1 heterocycles. The maximum Gasteiger partial charge on any atom is 0.356 e. The summed E-state index contributed by atoms with van der Waals surface area (Å²) in [6, 6.07) is 0.0998. The van der Waals surface area contributed by atoms with Crippen molar-refractivity contribution in [2.45, 2.75) is 26.5 Å². The molecular formula is C8H12N2O3. The second kappa shape index (κ2) is 3.57. The number of hydrogen-bond acceptors (Lipinski definition) is 3. The van der Waals surface area contributed by atoms with Gasteiger partial charge in [-0.05, 0) is 13.8 Å². The van der Waals surface area contributed by atoms with Gasteiger partial charge >= 0.3 is 5.97 Å². The van der Waals surface area contributed by atoms with Crippen LogP contribution in [0.3, 0.4) is 0 Å². The topological polar surface area (TPSA) is 75.4 Å². The van der Waals surface area contributed by atoms with Crippen molar-refractivity contribution in [2.24, 2.45) is 0 Å². The molecule has 1 aromatic heterocycles. The lowest BCUT2D eigenvalue weighted by molar-refractivity contribution is 0.0690. The minimum Gasteiger partial charge on any atom is -0.476 e. The van der Waals surface area contributed by atoms with Gasteiger partial charge in [0.05, 0.1) is 0 Å². The van der Waals surface area contributed by atoms with Gasteiger partial charge in [-0.25, -0.2) is 9.78 Å². The minimum atomic E-state index is -1.07. The Balaban J connectivity index is 3.11. The van der Waals surface area contributed by atoms with Crippen LogP contribution < -0.4 is 0 Å². The Morgan fingerprint density at radius 2 is 2.31 bits per heavy atom. The smallest absolute Gasteiger partial charge is 0.356 e. The third kappa shape index (κ3) is 1.86. The number of carboxylic acids is 1. The molecule has 0 spiro atoms. The summed E-state index contributed by atoms with van der Waals surface area (Å²) < 4.78 is 1.64. The van der Waals surface area contributed by atoms with Crippen LogP contribution in [0.15, 0.2) is 6.20 Å². The molecule has 0 unspecified atom stereocenters. The van der Waals surface area contributed by atoms with E-state index in [2.05, 4.69) is 4.98 Å². The molecule has 0 aliphatic carbocycles. The number of hydrogen-bond donors (Lipinski definition) is 2. The van der Waals surface area contributed by atoms with Crippen LogP contribution in [0.1, 0.15) is 36.2 Å². The SMILES string of the molecule is CC(C)n1cc(C(=O)O)nc1CO. The molecule has 0 amide bonds. The maximum absolute atomic E-state index is 10.5. The Bertz CT molecular complexity index is 317. The van der Waals surface area contributed by atoms with Crippen LogP contribution in [-0.4, -0.2) is 25.7 Å². The van der Waals surface area contributed by atoms with Crippen molar-refractivity contribution in [1.29, 1.82) is 0 Å². The molecule has 0 aliphatic heterocycles. The Labute approximate surface area is 75.6 Å². The third-order valence-corrected chi connectivity index (χ3v) is 1.73. The standard InChI is InChI=1S/C8H12N2O3/c1-5(2)10-3-6(8(12)13)9-7(10)4-11/h3,5,11H,4H2,1-2H3,(H,12,13). The number of aromatic carboxylic acids is 1. The van der Waals surface area contributed by atoms with Crippen molar-refractivity contribution >= 4 is 5.97 Å². The molecule has 1 aromatic rings. The number of aliphatic hydroxyl groups excluding tert-OH is 1. The fraction of sp³-hybridized carbons (Fsp3) is 0.500. The number of imidazole rings is 1. The van der Waals surface area contributed by atoms with Gasteiger partial charge in [0.25, 0.3) is 0 Å². The molecule has 13 heavy (non-hydrogen) atoms. The van der Waals surface area contributed by atoms with Crippen molar-refractivity contribution < 1.29 is 15.0 Å². The highest BCUT2D eigenvalue weighted by Crippen LogP contribution is 2.11.